The zero-order valence-corrected chi connectivity index (χ0v) is 27.7. The van der Waals surface area contributed by atoms with E-state index >= 15 is 0 Å². The molecule has 1 atom stereocenters. The van der Waals surface area contributed by atoms with Gasteiger partial charge in [-0.2, -0.15) is 0 Å². The number of carbonyl (C=O) groups excluding carboxylic acids is 2. The Morgan fingerprint density at radius 3 is 2.23 bits per heavy atom. The van der Waals surface area contributed by atoms with Gasteiger partial charge in [-0.25, -0.2) is 8.42 Å². The topological polar surface area (TPSA) is 86.8 Å². The van der Waals surface area contributed by atoms with E-state index in [2.05, 4.69) is 5.32 Å². The first-order valence-electron chi connectivity index (χ1n) is 14.0. The van der Waals surface area contributed by atoms with Gasteiger partial charge in [0, 0.05) is 12.6 Å². The monoisotopic (exact) mass is 683 g/mol. The fourth-order valence-corrected chi connectivity index (χ4v) is 7.22. The number of nitrogens with one attached hydrogen (secondary N) is 1. The SMILES string of the molecule is Cc1ccc(S(=O)(=O)N(CC(=O)N(Cc2ccc(Cl)c(Cl)c2)[C@H](C)C(=O)NC2CCCCC2)c2cccc(Cl)c2Cl)cc1. The second-order valence-electron chi connectivity index (χ2n) is 10.7. The summed E-state index contributed by atoms with van der Waals surface area (Å²) in [5.74, 6) is -0.946. The molecule has 1 fully saturated rings. The largest absolute Gasteiger partial charge is 0.352 e. The fourth-order valence-electron chi connectivity index (χ4n) is 5.02. The highest BCUT2D eigenvalue weighted by molar-refractivity contribution is 7.92. The molecule has 0 aliphatic heterocycles. The van der Waals surface area contributed by atoms with E-state index in [4.69, 9.17) is 46.4 Å². The molecule has 0 saturated heterocycles. The molecule has 0 bridgehead atoms. The lowest BCUT2D eigenvalue weighted by molar-refractivity contribution is -0.139. The number of sulfonamides is 1. The van der Waals surface area contributed by atoms with Crippen molar-refractivity contribution in [2.45, 2.75) is 69.5 Å². The molecule has 1 aliphatic carbocycles. The van der Waals surface area contributed by atoms with Crippen LogP contribution >= 0.6 is 46.4 Å². The first-order valence-corrected chi connectivity index (χ1v) is 16.9. The summed E-state index contributed by atoms with van der Waals surface area (Å²) in [5, 5.41) is 3.82. The number of nitrogens with zero attached hydrogens (tertiary/aromatic N) is 2. The molecule has 1 saturated carbocycles. The molecule has 4 rings (SSSR count). The van der Waals surface area contributed by atoms with Crippen molar-refractivity contribution in [2.75, 3.05) is 10.8 Å². The Morgan fingerprint density at radius 2 is 1.58 bits per heavy atom. The minimum Gasteiger partial charge on any atom is -0.352 e. The number of benzene rings is 3. The van der Waals surface area contributed by atoms with Crippen LogP contribution in [0.25, 0.3) is 0 Å². The van der Waals surface area contributed by atoms with Crippen LogP contribution in [-0.2, 0) is 26.2 Å². The number of hydrogen-bond acceptors (Lipinski definition) is 4. The molecular formula is C31H33Cl4N3O4S. The van der Waals surface area contributed by atoms with Crippen molar-refractivity contribution in [1.82, 2.24) is 10.2 Å². The fraction of sp³-hybridized carbons (Fsp3) is 0.355. The van der Waals surface area contributed by atoms with Gasteiger partial charge in [0.25, 0.3) is 10.0 Å². The first kappa shape index (κ1) is 33.4. The highest BCUT2D eigenvalue weighted by Gasteiger charge is 2.34. The Balaban J connectivity index is 1.72. The Bertz CT molecular complexity index is 1580. The Hall–Kier alpha value is -2.49. The predicted molar refractivity (Wildman–Crippen MR) is 174 cm³/mol. The Morgan fingerprint density at radius 1 is 0.907 bits per heavy atom. The lowest BCUT2D eigenvalue weighted by Crippen LogP contribution is -2.53. The van der Waals surface area contributed by atoms with Crippen molar-refractivity contribution in [3.05, 3.63) is 91.9 Å². The van der Waals surface area contributed by atoms with Gasteiger partial charge in [-0.15, -0.1) is 0 Å². The highest BCUT2D eigenvalue weighted by atomic mass is 35.5. The maximum atomic E-state index is 14.2. The van der Waals surface area contributed by atoms with E-state index in [1.54, 1.807) is 43.3 Å². The van der Waals surface area contributed by atoms with Crippen LogP contribution in [0.15, 0.2) is 65.6 Å². The third-order valence-corrected chi connectivity index (χ3v) is 10.9. The summed E-state index contributed by atoms with van der Waals surface area (Å²) in [6.45, 7) is 2.81. The van der Waals surface area contributed by atoms with Gasteiger partial charge in [0.1, 0.15) is 12.6 Å². The molecule has 43 heavy (non-hydrogen) atoms. The third kappa shape index (κ3) is 8.17. The van der Waals surface area contributed by atoms with Gasteiger partial charge in [0.2, 0.25) is 11.8 Å². The maximum absolute atomic E-state index is 14.2. The number of carbonyl (C=O) groups is 2. The molecule has 2 amide bonds. The maximum Gasteiger partial charge on any atom is 0.264 e. The summed E-state index contributed by atoms with van der Waals surface area (Å²) in [7, 11) is -4.29. The number of hydrogen-bond donors (Lipinski definition) is 1. The molecule has 230 valence electrons. The van der Waals surface area contributed by atoms with Crippen LogP contribution in [-0.4, -0.2) is 43.8 Å². The molecule has 0 heterocycles. The van der Waals surface area contributed by atoms with Gasteiger partial charge in [-0.3, -0.25) is 13.9 Å². The second-order valence-corrected chi connectivity index (χ2v) is 14.1. The molecule has 0 spiro atoms. The number of amides is 2. The minimum atomic E-state index is -4.29. The first-order chi connectivity index (χ1) is 20.4. The van der Waals surface area contributed by atoms with E-state index in [9.17, 15) is 18.0 Å². The van der Waals surface area contributed by atoms with Gasteiger partial charge >= 0.3 is 0 Å². The number of aryl methyl sites for hydroxylation is 1. The zero-order chi connectivity index (χ0) is 31.3. The number of anilines is 1. The van der Waals surface area contributed by atoms with E-state index in [1.807, 2.05) is 6.92 Å². The molecule has 1 aliphatic rings. The normalized spacial score (nSPS) is 14.7. The average Bonchev–Trinajstić information content (AvgIpc) is 2.98. The van der Waals surface area contributed by atoms with Crippen molar-refractivity contribution < 1.29 is 18.0 Å². The van der Waals surface area contributed by atoms with E-state index in [0.717, 1.165) is 42.0 Å². The van der Waals surface area contributed by atoms with Crippen LogP contribution in [0, 0.1) is 6.92 Å². The third-order valence-electron chi connectivity index (χ3n) is 7.54. The van der Waals surface area contributed by atoms with E-state index in [0.29, 0.717) is 15.6 Å². The summed E-state index contributed by atoms with van der Waals surface area (Å²) in [4.78, 5) is 28.9. The van der Waals surface area contributed by atoms with Crippen molar-refractivity contribution in [3.63, 3.8) is 0 Å². The Labute approximate surface area is 273 Å². The number of halogens is 4. The van der Waals surface area contributed by atoms with Gasteiger partial charge < -0.3 is 10.2 Å². The molecule has 12 heteroatoms. The minimum absolute atomic E-state index is 0.0172. The standard InChI is InChI=1S/C31H33Cl4N3O4S/c1-20-11-14-24(15-12-20)43(41,42)38(28-10-6-9-26(33)30(28)35)19-29(39)37(18-22-13-16-25(32)27(34)17-22)21(2)31(40)36-23-7-4-3-5-8-23/h6,9-17,21,23H,3-5,7-8,18-19H2,1-2H3,(H,36,40)/t21-/m1/s1. The number of rotatable bonds is 10. The molecule has 7 nitrogen and oxygen atoms in total. The molecule has 0 aromatic heterocycles. The molecule has 1 N–H and O–H groups in total. The summed E-state index contributed by atoms with van der Waals surface area (Å²) < 4.78 is 29.0. The van der Waals surface area contributed by atoms with Crippen molar-refractivity contribution in [2.24, 2.45) is 0 Å². The molecular weight excluding hydrogens is 652 g/mol. The van der Waals surface area contributed by atoms with E-state index in [-0.39, 0.29) is 39.1 Å². The van der Waals surface area contributed by atoms with Crippen LogP contribution in [0.2, 0.25) is 20.1 Å². The van der Waals surface area contributed by atoms with Crippen molar-refractivity contribution in [1.29, 1.82) is 0 Å². The van der Waals surface area contributed by atoms with Crippen LogP contribution in [0.5, 0.6) is 0 Å². The zero-order valence-electron chi connectivity index (χ0n) is 23.8. The Kier molecular flexibility index (Phi) is 11.3. The summed E-state index contributed by atoms with van der Waals surface area (Å²) in [6.07, 6.45) is 4.92. The van der Waals surface area contributed by atoms with E-state index < -0.39 is 28.5 Å². The average molecular weight is 686 g/mol. The van der Waals surface area contributed by atoms with Gasteiger partial charge in [-0.05, 0) is 68.7 Å². The molecule has 3 aromatic carbocycles. The lowest BCUT2D eigenvalue weighted by Gasteiger charge is -2.33. The molecule has 0 radical (unpaired) electrons. The summed E-state index contributed by atoms with van der Waals surface area (Å²) in [6, 6.07) is 14.9. The summed E-state index contributed by atoms with van der Waals surface area (Å²) in [5.41, 5.74) is 1.53. The van der Waals surface area contributed by atoms with Gasteiger partial charge in [0.05, 0.1) is 30.7 Å². The van der Waals surface area contributed by atoms with Crippen LogP contribution < -0.4 is 9.62 Å². The quantitative estimate of drug-likeness (QED) is 0.238. The second kappa shape index (κ2) is 14.5. The van der Waals surface area contributed by atoms with Crippen LogP contribution in [0.3, 0.4) is 0 Å². The lowest BCUT2D eigenvalue weighted by atomic mass is 9.95. The van der Waals surface area contributed by atoms with Crippen molar-refractivity contribution >= 4 is 73.9 Å². The molecule has 3 aromatic rings. The van der Waals surface area contributed by atoms with Crippen LogP contribution in [0.4, 0.5) is 5.69 Å². The van der Waals surface area contributed by atoms with Gasteiger partial charge in [-0.1, -0.05) is 95.5 Å². The van der Waals surface area contributed by atoms with Crippen molar-refractivity contribution in [3.8, 4) is 0 Å². The van der Waals surface area contributed by atoms with Gasteiger partial charge in [0.15, 0.2) is 0 Å². The highest BCUT2D eigenvalue weighted by Crippen LogP contribution is 2.36. The predicted octanol–water partition coefficient (Wildman–Crippen LogP) is 7.67. The van der Waals surface area contributed by atoms with Crippen LogP contribution in [0.1, 0.15) is 50.2 Å². The summed E-state index contributed by atoms with van der Waals surface area (Å²) >= 11 is 25.1. The smallest absolute Gasteiger partial charge is 0.264 e. The molecule has 0 unspecified atom stereocenters. The van der Waals surface area contributed by atoms with E-state index in [1.165, 1.54) is 29.2 Å².